The Kier molecular flexibility index (Phi) is 11.7. The van der Waals surface area contributed by atoms with E-state index in [2.05, 4.69) is 0 Å². The molecule has 4 fully saturated rings. The monoisotopic (exact) mass is 634 g/mol. The van der Waals surface area contributed by atoms with E-state index >= 15 is 0 Å². The van der Waals surface area contributed by atoms with E-state index in [9.17, 15) is 61.3 Å². The quantitative estimate of drug-likeness (QED) is 0.118. The molecule has 43 heavy (non-hydrogen) atoms. The molecule has 0 aromatic heterocycles. The van der Waals surface area contributed by atoms with Crippen LogP contribution in [0.2, 0.25) is 0 Å². The van der Waals surface area contributed by atoms with E-state index in [0.717, 1.165) is 0 Å². The summed E-state index contributed by atoms with van der Waals surface area (Å²) >= 11 is 0. The maximum absolute atomic E-state index is 10.9. The fourth-order valence-electron chi connectivity index (χ4n) is 5.40. The number of aliphatic hydroxyl groups is 12. The third-order valence-corrected chi connectivity index (χ3v) is 8.13. The molecule has 0 saturated carbocycles. The van der Waals surface area contributed by atoms with Crippen molar-refractivity contribution in [2.75, 3.05) is 13.2 Å². The van der Waals surface area contributed by atoms with Crippen LogP contribution in [0.25, 0.3) is 0 Å². The van der Waals surface area contributed by atoms with Crippen molar-refractivity contribution < 1.29 is 94.4 Å². The number of hydrogen-bond acceptors (Lipinski definition) is 19. The summed E-state index contributed by atoms with van der Waals surface area (Å²) in [6.07, 6.45) is -33.2. The molecule has 4 aliphatic heterocycles. The van der Waals surface area contributed by atoms with Crippen LogP contribution in [0, 0.1) is 0 Å². The molecule has 0 unspecified atom stereocenters. The van der Waals surface area contributed by atoms with Crippen LogP contribution >= 0.6 is 0 Å². The van der Waals surface area contributed by atoms with Crippen molar-refractivity contribution >= 4 is 0 Å². The van der Waals surface area contributed by atoms with Gasteiger partial charge in [0, 0.05) is 0 Å². The van der Waals surface area contributed by atoms with Gasteiger partial charge in [-0.3, -0.25) is 0 Å². The summed E-state index contributed by atoms with van der Waals surface area (Å²) in [7, 11) is 0. The predicted octanol–water partition coefficient (Wildman–Crippen LogP) is -7.69. The third-order valence-electron chi connectivity index (χ3n) is 8.13. The van der Waals surface area contributed by atoms with Crippen LogP contribution in [-0.4, -0.2) is 197 Å². The highest BCUT2D eigenvalue weighted by molar-refractivity contribution is 4.97. The summed E-state index contributed by atoms with van der Waals surface area (Å²) in [5.74, 6) is 0. The molecule has 0 aliphatic carbocycles. The summed E-state index contributed by atoms with van der Waals surface area (Å²) in [6, 6.07) is 0. The first-order valence-corrected chi connectivity index (χ1v) is 13.8. The number of hydrogen-bond donors (Lipinski definition) is 12. The summed E-state index contributed by atoms with van der Waals surface area (Å²) < 4.78 is 38.9. The Morgan fingerprint density at radius 1 is 0.419 bits per heavy atom. The van der Waals surface area contributed by atoms with Gasteiger partial charge in [-0.05, 0) is 13.8 Å². The van der Waals surface area contributed by atoms with Gasteiger partial charge in [0.1, 0.15) is 85.5 Å². The number of ether oxygens (including phenoxy) is 7. The fourth-order valence-corrected chi connectivity index (χ4v) is 5.40. The molecule has 0 radical (unpaired) electrons. The smallest absolute Gasteiger partial charge is 0.187 e. The molecule has 12 N–H and O–H groups in total. The Balaban J connectivity index is 1.62. The SMILES string of the molecule is C[C@H]1O[C@H](O[C@@H]2[C@@H](O)[C@H](O)O[C@H](CO)[C@H]2O[C@@H]2O[C@H](CO)[C@H](O)[C@H](O)[C@H]2O[C@H]2O[C@H](C)[C@H](O)[C@H](O)[C@H]2O)[C@H](O)[C@@H](O)[C@H]1O. The van der Waals surface area contributed by atoms with Crippen LogP contribution in [-0.2, 0) is 33.2 Å². The minimum atomic E-state index is -1.97. The van der Waals surface area contributed by atoms with Crippen LogP contribution in [0.1, 0.15) is 13.8 Å². The van der Waals surface area contributed by atoms with Crippen molar-refractivity contribution in [2.24, 2.45) is 0 Å². The van der Waals surface area contributed by atoms with Crippen molar-refractivity contribution in [1.82, 2.24) is 0 Å². The van der Waals surface area contributed by atoms with Crippen molar-refractivity contribution in [3.63, 3.8) is 0 Å². The zero-order chi connectivity index (χ0) is 31.9. The maximum Gasteiger partial charge on any atom is 0.187 e. The summed E-state index contributed by atoms with van der Waals surface area (Å²) in [5.41, 5.74) is 0. The lowest BCUT2D eigenvalue weighted by Crippen LogP contribution is -2.67. The Bertz CT molecular complexity index is 886. The van der Waals surface area contributed by atoms with E-state index in [1.54, 1.807) is 0 Å². The van der Waals surface area contributed by atoms with E-state index in [-0.39, 0.29) is 0 Å². The molecule has 19 heteroatoms. The Labute approximate surface area is 244 Å². The lowest BCUT2D eigenvalue weighted by molar-refractivity contribution is -0.398. The molecule has 0 aromatic carbocycles. The largest absolute Gasteiger partial charge is 0.394 e. The summed E-state index contributed by atoms with van der Waals surface area (Å²) in [4.78, 5) is 0. The molecule has 0 spiro atoms. The van der Waals surface area contributed by atoms with Crippen LogP contribution in [0.4, 0.5) is 0 Å². The lowest BCUT2D eigenvalue weighted by Gasteiger charge is -2.49. The van der Waals surface area contributed by atoms with Crippen LogP contribution in [0.3, 0.4) is 0 Å². The van der Waals surface area contributed by atoms with Gasteiger partial charge in [0.05, 0.1) is 25.4 Å². The predicted molar refractivity (Wildman–Crippen MR) is 131 cm³/mol. The van der Waals surface area contributed by atoms with E-state index < -0.39 is 136 Å². The molecule has 4 aliphatic rings. The lowest BCUT2D eigenvalue weighted by atomic mass is 9.95. The molecular weight excluding hydrogens is 592 g/mol. The zero-order valence-electron chi connectivity index (χ0n) is 23.2. The summed E-state index contributed by atoms with van der Waals surface area (Å²) in [5, 5.41) is 123. The minimum absolute atomic E-state index is 0.832. The van der Waals surface area contributed by atoms with Gasteiger partial charge in [-0.1, -0.05) is 0 Å². The number of rotatable bonds is 8. The second-order valence-corrected chi connectivity index (χ2v) is 11.1. The fraction of sp³-hybridized carbons (Fsp3) is 1.00. The van der Waals surface area contributed by atoms with Gasteiger partial charge in [-0.25, -0.2) is 0 Å². The first-order chi connectivity index (χ1) is 20.2. The van der Waals surface area contributed by atoms with Crippen molar-refractivity contribution in [3.05, 3.63) is 0 Å². The molecule has 20 atom stereocenters. The van der Waals surface area contributed by atoms with Crippen LogP contribution < -0.4 is 0 Å². The molecule has 252 valence electrons. The Hall–Kier alpha value is -0.760. The zero-order valence-corrected chi connectivity index (χ0v) is 23.2. The van der Waals surface area contributed by atoms with Crippen LogP contribution in [0.5, 0.6) is 0 Å². The first-order valence-electron chi connectivity index (χ1n) is 13.8. The number of aliphatic hydroxyl groups excluding tert-OH is 12. The van der Waals surface area contributed by atoms with Gasteiger partial charge in [0.2, 0.25) is 0 Å². The maximum atomic E-state index is 10.9. The average Bonchev–Trinajstić information content (AvgIpc) is 2.98. The first kappa shape index (κ1) is 35.1. The molecule has 19 nitrogen and oxygen atoms in total. The Morgan fingerprint density at radius 2 is 0.884 bits per heavy atom. The van der Waals surface area contributed by atoms with E-state index in [1.165, 1.54) is 13.8 Å². The van der Waals surface area contributed by atoms with Gasteiger partial charge in [-0.15, -0.1) is 0 Å². The molecule has 0 amide bonds. The van der Waals surface area contributed by atoms with E-state index in [0.29, 0.717) is 0 Å². The molecule has 0 bridgehead atoms. The van der Waals surface area contributed by atoms with E-state index in [4.69, 9.17) is 33.2 Å². The molecule has 4 heterocycles. The molecule has 4 saturated heterocycles. The van der Waals surface area contributed by atoms with Crippen molar-refractivity contribution in [2.45, 2.75) is 137 Å². The van der Waals surface area contributed by atoms with E-state index in [1.807, 2.05) is 0 Å². The van der Waals surface area contributed by atoms with Gasteiger partial charge in [0.25, 0.3) is 0 Å². The van der Waals surface area contributed by atoms with Crippen molar-refractivity contribution in [1.29, 1.82) is 0 Å². The third kappa shape index (κ3) is 7.00. The average molecular weight is 635 g/mol. The minimum Gasteiger partial charge on any atom is -0.394 e. The van der Waals surface area contributed by atoms with Gasteiger partial charge >= 0.3 is 0 Å². The van der Waals surface area contributed by atoms with Gasteiger partial charge < -0.3 is 94.4 Å². The summed E-state index contributed by atoms with van der Waals surface area (Å²) in [6.45, 7) is 1.04. The standard InChI is InChI=1S/C24H42O19/c1-5-9(27)12(30)15(33)22(37-5)42-19-17(35)21(36)39-8(4-26)18(19)41-24-20(14(32)11(29)7(3-25)40-24)43-23-16(34)13(31)10(28)6(2)38-23/h5-36H,3-4H2,1-2H3/t5-,6-,7-,8-,9+,10+,11+,12+,13+,14+,15-,16-,17-,18-,19-,20-,21-,22-,23-,24+/m1/s1. The molecular formula is C24H42O19. The topological polar surface area (TPSA) is 307 Å². The highest BCUT2D eigenvalue weighted by Gasteiger charge is 2.55. The molecule has 0 aromatic rings. The highest BCUT2D eigenvalue weighted by atomic mass is 16.8. The Morgan fingerprint density at radius 3 is 1.37 bits per heavy atom. The highest BCUT2D eigenvalue weighted by Crippen LogP contribution is 2.35. The second kappa shape index (κ2) is 14.3. The normalized spacial score (nSPS) is 54.8. The van der Waals surface area contributed by atoms with Gasteiger partial charge in [-0.2, -0.15) is 0 Å². The second-order valence-electron chi connectivity index (χ2n) is 11.1. The van der Waals surface area contributed by atoms with Gasteiger partial charge in [0.15, 0.2) is 25.2 Å². The molecule has 4 rings (SSSR count). The van der Waals surface area contributed by atoms with Crippen molar-refractivity contribution in [3.8, 4) is 0 Å². The van der Waals surface area contributed by atoms with Crippen LogP contribution in [0.15, 0.2) is 0 Å².